The molecule has 2 rings (SSSR count). The van der Waals surface area contributed by atoms with Crippen LogP contribution in [0.5, 0.6) is 0 Å². The minimum absolute atomic E-state index is 0.355. The standard InChI is InChI=1S/C9H15N3S/c1-6-12-5-9(13-6)8-4-7(10)2-3-11-8/h5,7-8,11H,2-4,10H2,1H3/t7-,8-/m0/s1. The lowest BCUT2D eigenvalue weighted by Gasteiger charge is -2.26. The van der Waals surface area contributed by atoms with E-state index >= 15 is 0 Å². The van der Waals surface area contributed by atoms with E-state index in [1.165, 1.54) is 4.88 Å². The van der Waals surface area contributed by atoms with Crippen LogP contribution in [0.4, 0.5) is 0 Å². The molecule has 0 unspecified atom stereocenters. The lowest BCUT2D eigenvalue weighted by Crippen LogP contribution is -2.38. The number of nitrogens with one attached hydrogen (secondary N) is 1. The zero-order valence-corrected chi connectivity index (χ0v) is 8.60. The Kier molecular flexibility index (Phi) is 2.62. The van der Waals surface area contributed by atoms with Gasteiger partial charge < -0.3 is 11.1 Å². The number of aromatic nitrogens is 1. The number of nitrogens with two attached hydrogens (primary N) is 1. The molecule has 2 atom stereocenters. The van der Waals surface area contributed by atoms with Crippen LogP contribution in [0.2, 0.25) is 0 Å². The van der Waals surface area contributed by atoms with Crippen molar-refractivity contribution in [2.45, 2.75) is 31.8 Å². The first-order chi connectivity index (χ1) is 6.25. The smallest absolute Gasteiger partial charge is 0.0897 e. The molecule has 0 aromatic carbocycles. The summed E-state index contributed by atoms with van der Waals surface area (Å²) in [6, 6.07) is 0.795. The molecule has 1 aliphatic heterocycles. The van der Waals surface area contributed by atoms with Gasteiger partial charge in [-0.3, -0.25) is 0 Å². The van der Waals surface area contributed by atoms with Crippen molar-refractivity contribution in [1.82, 2.24) is 10.3 Å². The molecule has 0 radical (unpaired) electrons. The Bertz CT molecular complexity index is 284. The molecule has 1 aromatic heterocycles. The van der Waals surface area contributed by atoms with Gasteiger partial charge in [0.05, 0.1) is 5.01 Å². The fourth-order valence-corrected chi connectivity index (χ4v) is 2.58. The molecule has 1 saturated heterocycles. The van der Waals surface area contributed by atoms with Crippen LogP contribution in [-0.2, 0) is 0 Å². The first-order valence-corrected chi connectivity index (χ1v) is 5.48. The van der Waals surface area contributed by atoms with Gasteiger partial charge in [-0.2, -0.15) is 0 Å². The highest BCUT2D eigenvalue weighted by atomic mass is 32.1. The maximum atomic E-state index is 5.91. The average Bonchev–Trinajstić information content (AvgIpc) is 2.52. The predicted octanol–water partition coefficient (Wildman–Crippen LogP) is 1.20. The van der Waals surface area contributed by atoms with Gasteiger partial charge in [-0.05, 0) is 26.3 Å². The molecule has 1 aliphatic rings. The van der Waals surface area contributed by atoms with Crippen LogP contribution in [0.1, 0.15) is 28.8 Å². The number of hydrogen-bond donors (Lipinski definition) is 2. The summed E-state index contributed by atoms with van der Waals surface area (Å²) >= 11 is 1.77. The minimum Gasteiger partial charge on any atom is -0.328 e. The number of piperidine rings is 1. The van der Waals surface area contributed by atoms with E-state index in [9.17, 15) is 0 Å². The Labute approximate surface area is 82.4 Å². The summed E-state index contributed by atoms with van der Waals surface area (Å²) in [7, 11) is 0. The maximum Gasteiger partial charge on any atom is 0.0897 e. The Balaban J connectivity index is 2.08. The summed E-state index contributed by atoms with van der Waals surface area (Å²) in [5.41, 5.74) is 5.91. The molecule has 3 N–H and O–H groups in total. The Hall–Kier alpha value is -0.450. The van der Waals surface area contributed by atoms with Crippen molar-refractivity contribution in [3.05, 3.63) is 16.1 Å². The summed E-state index contributed by atoms with van der Waals surface area (Å²) in [5, 5.41) is 4.60. The molecule has 0 bridgehead atoms. The van der Waals surface area contributed by atoms with Crippen LogP contribution in [0.3, 0.4) is 0 Å². The SMILES string of the molecule is Cc1ncc([C@@H]2C[C@@H](N)CCN2)s1. The van der Waals surface area contributed by atoms with Crippen LogP contribution < -0.4 is 11.1 Å². The van der Waals surface area contributed by atoms with Crippen molar-refractivity contribution in [3.63, 3.8) is 0 Å². The molecule has 0 amide bonds. The molecular formula is C9H15N3S. The lowest BCUT2D eigenvalue weighted by molar-refractivity contribution is 0.373. The molecule has 0 aliphatic carbocycles. The highest BCUT2D eigenvalue weighted by Gasteiger charge is 2.21. The Morgan fingerprint density at radius 3 is 3.15 bits per heavy atom. The van der Waals surface area contributed by atoms with E-state index < -0.39 is 0 Å². The Morgan fingerprint density at radius 2 is 2.54 bits per heavy atom. The molecule has 2 heterocycles. The third kappa shape index (κ3) is 2.07. The highest BCUT2D eigenvalue weighted by molar-refractivity contribution is 7.11. The largest absolute Gasteiger partial charge is 0.328 e. The quantitative estimate of drug-likeness (QED) is 0.711. The first kappa shape index (κ1) is 9.12. The summed E-state index contributed by atoms with van der Waals surface area (Å²) < 4.78 is 0. The van der Waals surface area contributed by atoms with Crippen LogP contribution in [0.25, 0.3) is 0 Å². The summed E-state index contributed by atoms with van der Waals surface area (Å²) in [6.45, 7) is 3.07. The normalized spacial score (nSPS) is 29.1. The van der Waals surface area contributed by atoms with E-state index in [2.05, 4.69) is 10.3 Å². The van der Waals surface area contributed by atoms with Crippen molar-refractivity contribution < 1.29 is 0 Å². The monoisotopic (exact) mass is 197 g/mol. The van der Waals surface area contributed by atoms with E-state index in [1.807, 2.05) is 13.1 Å². The Morgan fingerprint density at radius 1 is 1.69 bits per heavy atom. The first-order valence-electron chi connectivity index (χ1n) is 4.67. The zero-order chi connectivity index (χ0) is 9.26. The summed E-state index contributed by atoms with van der Waals surface area (Å²) in [4.78, 5) is 5.58. The highest BCUT2D eigenvalue weighted by Crippen LogP contribution is 2.26. The van der Waals surface area contributed by atoms with E-state index in [-0.39, 0.29) is 0 Å². The molecule has 72 valence electrons. The number of thiazole rings is 1. The van der Waals surface area contributed by atoms with Gasteiger partial charge in [-0.15, -0.1) is 11.3 Å². The second-order valence-corrected chi connectivity index (χ2v) is 4.84. The van der Waals surface area contributed by atoms with Crippen molar-refractivity contribution in [3.8, 4) is 0 Å². The van der Waals surface area contributed by atoms with Gasteiger partial charge >= 0.3 is 0 Å². The fraction of sp³-hybridized carbons (Fsp3) is 0.667. The molecule has 0 spiro atoms. The molecule has 13 heavy (non-hydrogen) atoms. The van der Waals surface area contributed by atoms with E-state index in [0.717, 1.165) is 24.4 Å². The second kappa shape index (κ2) is 3.74. The summed E-state index contributed by atoms with van der Waals surface area (Å²) in [6.07, 6.45) is 4.10. The molecule has 1 fully saturated rings. The minimum atomic E-state index is 0.355. The van der Waals surface area contributed by atoms with Crippen molar-refractivity contribution in [2.75, 3.05) is 6.54 Å². The van der Waals surface area contributed by atoms with E-state index in [4.69, 9.17) is 5.73 Å². The van der Waals surface area contributed by atoms with Gasteiger partial charge in [0.15, 0.2) is 0 Å². The van der Waals surface area contributed by atoms with Crippen molar-refractivity contribution >= 4 is 11.3 Å². The van der Waals surface area contributed by atoms with Crippen LogP contribution in [-0.4, -0.2) is 17.6 Å². The lowest BCUT2D eigenvalue weighted by atomic mass is 10.00. The van der Waals surface area contributed by atoms with Gasteiger partial charge in [0.25, 0.3) is 0 Å². The van der Waals surface area contributed by atoms with Gasteiger partial charge in [0.1, 0.15) is 0 Å². The van der Waals surface area contributed by atoms with E-state index in [1.54, 1.807) is 11.3 Å². The third-order valence-corrected chi connectivity index (χ3v) is 3.45. The van der Waals surface area contributed by atoms with Gasteiger partial charge in [0, 0.05) is 23.2 Å². The molecule has 3 nitrogen and oxygen atoms in total. The molecule has 4 heteroatoms. The van der Waals surface area contributed by atoms with Gasteiger partial charge in [-0.25, -0.2) is 4.98 Å². The molecule has 1 aromatic rings. The number of rotatable bonds is 1. The number of nitrogens with zero attached hydrogens (tertiary/aromatic N) is 1. The van der Waals surface area contributed by atoms with Gasteiger partial charge in [-0.1, -0.05) is 0 Å². The van der Waals surface area contributed by atoms with Crippen LogP contribution in [0.15, 0.2) is 6.20 Å². The summed E-state index contributed by atoms with van der Waals surface area (Å²) in [5.74, 6) is 0. The second-order valence-electron chi connectivity index (χ2n) is 3.57. The number of hydrogen-bond acceptors (Lipinski definition) is 4. The number of aryl methyl sites for hydroxylation is 1. The fourth-order valence-electron chi connectivity index (χ4n) is 1.70. The topological polar surface area (TPSA) is 50.9 Å². The maximum absolute atomic E-state index is 5.91. The van der Waals surface area contributed by atoms with Crippen LogP contribution >= 0.6 is 11.3 Å². The molecular weight excluding hydrogens is 182 g/mol. The van der Waals surface area contributed by atoms with Crippen molar-refractivity contribution in [1.29, 1.82) is 0 Å². The van der Waals surface area contributed by atoms with Crippen molar-refractivity contribution in [2.24, 2.45) is 5.73 Å². The average molecular weight is 197 g/mol. The van der Waals surface area contributed by atoms with Crippen LogP contribution in [0, 0.1) is 6.92 Å². The molecule has 0 saturated carbocycles. The van der Waals surface area contributed by atoms with Gasteiger partial charge in [0.2, 0.25) is 0 Å². The zero-order valence-electron chi connectivity index (χ0n) is 7.79. The third-order valence-electron chi connectivity index (χ3n) is 2.43. The van der Waals surface area contributed by atoms with E-state index in [0.29, 0.717) is 12.1 Å². The predicted molar refractivity (Wildman–Crippen MR) is 54.8 cm³/mol.